The molecule has 1 aromatic carbocycles. The highest BCUT2D eigenvalue weighted by Crippen LogP contribution is 2.30. The van der Waals surface area contributed by atoms with Crippen LogP contribution in [-0.2, 0) is 4.79 Å². The van der Waals surface area contributed by atoms with E-state index in [1.807, 2.05) is 38.1 Å². The van der Waals surface area contributed by atoms with Gasteiger partial charge in [-0.25, -0.2) is 0 Å². The number of fused-ring (bicyclic) bond motifs is 1. The lowest BCUT2D eigenvalue weighted by molar-refractivity contribution is -0.131. The van der Waals surface area contributed by atoms with Crippen molar-refractivity contribution in [3.63, 3.8) is 0 Å². The van der Waals surface area contributed by atoms with E-state index in [0.29, 0.717) is 26.0 Å². The van der Waals surface area contributed by atoms with Crippen LogP contribution in [0.15, 0.2) is 24.3 Å². The number of para-hydroxylation sites is 2. The first-order valence-corrected chi connectivity index (χ1v) is 7.26. The molecular weight excluding hydrogens is 268 g/mol. The summed E-state index contributed by atoms with van der Waals surface area (Å²) in [4.78, 5) is 13.8. The van der Waals surface area contributed by atoms with Gasteiger partial charge < -0.3 is 20.1 Å². The first-order chi connectivity index (χ1) is 9.85. The van der Waals surface area contributed by atoms with E-state index in [-0.39, 0.29) is 17.6 Å². The average molecular weight is 292 g/mol. The van der Waals surface area contributed by atoms with E-state index >= 15 is 0 Å². The van der Waals surface area contributed by atoms with Crippen LogP contribution in [0.25, 0.3) is 0 Å². The Bertz CT molecular complexity index is 497. The van der Waals surface area contributed by atoms with Crippen molar-refractivity contribution in [2.75, 3.05) is 20.2 Å². The van der Waals surface area contributed by atoms with E-state index in [0.717, 1.165) is 11.5 Å². The van der Waals surface area contributed by atoms with Crippen LogP contribution in [-0.4, -0.2) is 42.6 Å². The molecule has 2 rings (SSSR count). The monoisotopic (exact) mass is 292 g/mol. The molecule has 0 saturated carbocycles. The molecule has 1 aliphatic heterocycles. The number of rotatable bonds is 5. The molecule has 116 valence electrons. The molecule has 0 saturated heterocycles. The zero-order valence-electron chi connectivity index (χ0n) is 13.0. The number of nitrogens with zero attached hydrogens (tertiary/aromatic N) is 1. The third-order valence-corrected chi connectivity index (χ3v) is 3.45. The highest BCUT2D eigenvalue weighted by atomic mass is 16.6. The minimum Gasteiger partial charge on any atom is -0.486 e. The van der Waals surface area contributed by atoms with Crippen LogP contribution in [0.3, 0.4) is 0 Å². The fraction of sp³-hybridized carbons (Fsp3) is 0.562. The molecule has 1 atom stereocenters. The average Bonchev–Trinajstić information content (AvgIpc) is 2.43. The Balaban J connectivity index is 1.84. The van der Waals surface area contributed by atoms with E-state index in [1.54, 1.807) is 11.9 Å². The quantitative estimate of drug-likeness (QED) is 0.899. The summed E-state index contributed by atoms with van der Waals surface area (Å²) in [6.45, 7) is 4.82. The van der Waals surface area contributed by atoms with Gasteiger partial charge in [-0.2, -0.15) is 0 Å². The summed E-state index contributed by atoms with van der Waals surface area (Å²) in [5.74, 6) is 1.57. The molecule has 0 fully saturated rings. The van der Waals surface area contributed by atoms with E-state index < -0.39 is 0 Å². The number of likely N-dealkylation sites (N-methyl/N-ethyl adjacent to an activating group) is 1. The van der Waals surface area contributed by atoms with E-state index in [1.165, 1.54) is 0 Å². The molecule has 1 heterocycles. The number of amides is 1. The molecule has 0 aliphatic carbocycles. The standard InChI is InChI=1S/C16H24N2O3/c1-16(2,17)9-8-15(19)18(3)10-12-11-20-13-6-4-5-7-14(13)21-12/h4-7,12H,8-11,17H2,1-3H3. The van der Waals surface area contributed by atoms with Crippen molar-refractivity contribution in [2.24, 2.45) is 5.73 Å². The Kier molecular flexibility index (Phi) is 4.73. The Hall–Kier alpha value is -1.75. The van der Waals surface area contributed by atoms with Gasteiger partial charge in [-0.15, -0.1) is 0 Å². The highest BCUT2D eigenvalue weighted by molar-refractivity contribution is 5.76. The topological polar surface area (TPSA) is 64.8 Å². The number of carbonyl (C=O) groups excluding carboxylic acids is 1. The minimum atomic E-state index is -0.320. The third-order valence-electron chi connectivity index (χ3n) is 3.45. The Morgan fingerprint density at radius 2 is 2.05 bits per heavy atom. The van der Waals surface area contributed by atoms with Crippen molar-refractivity contribution in [1.82, 2.24) is 4.90 Å². The van der Waals surface area contributed by atoms with Gasteiger partial charge in [0.2, 0.25) is 5.91 Å². The first-order valence-electron chi connectivity index (χ1n) is 7.26. The maximum absolute atomic E-state index is 12.1. The van der Waals surface area contributed by atoms with Crippen molar-refractivity contribution >= 4 is 5.91 Å². The van der Waals surface area contributed by atoms with Crippen LogP contribution in [0, 0.1) is 0 Å². The van der Waals surface area contributed by atoms with Gasteiger partial charge in [0.25, 0.3) is 0 Å². The van der Waals surface area contributed by atoms with Crippen LogP contribution in [0.4, 0.5) is 0 Å². The van der Waals surface area contributed by atoms with E-state index in [4.69, 9.17) is 15.2 Å². The van der Waals surface area contributed by atoms with Gasteiger partial charge in [0.15, 0.2) is 17.6 Å². The maximum atomic E-state index is 12.1. The van der Waals surface area contributed by atoms with E-state index in [2.05, 4.69) is 0 Å². The van der Waals surface area contributed by atoms with Gasteiger partial charge in [0.05, 0.1) is 6.54 Å². The zero-order chi connectivity index (χ0) is 15.5. The number of hydrogen-bond donors (Lipinski definition) is 1. The molecule has 1 unspecified atom stereocenters. The molecular formula is C16H24N2O3. The van der Waals surface area contributed by atoms with E-state index in [9.17, 15) is 4.79 Å². The smallest absolute Gasteiger partial charge is 0.222 e. The molecule has 2 N–H and O–H groups in total. The van der Waals surface area contributed by atoms with Crippen LogP contribution in [0.5, 0.6) is 11.5 Å². The van der Waals surface area contributed by atoms with Crippen LogP contribution < -0.4 is 15.2 Å². The van der Waals surface area contributed by atoms with Crippen molar-refractivity contribution in [3.05, 3.63) is 24.3 Å². The lowest BCUT2D eigenvalue weighted by Gasteiger charge is -2.30. The van der Waals surface area contributed by atoms with Crippen molar-refractivity contribution < 1.29 is 14.3 Å². The second-order valence-electron chi connectivity index (χ2n) is 6.26. The second kappa shape index (κ2) is 6.35. The number of hydrogen-bond acceptors (Lipinski definition) is 4. The Morgan fingerprint density at radius 1 is 1.38 bits per heavy atom. The molecule has 0 aromatic heterocycles. The first kappa shape index (κ1) is 15.6. The largest absolute Gasteiger partial charge is 0.486 e. The molecule has 21 heavy (non-hydrogen) atoms. The summed E-state index contributed by atoms with van der Waals surface area (Å²) in [7, 11) is 1.79. The van der Waals surface area contributed by atoms with Crippen LogP contribution >= 0.6 is 0 Å². The van der Waals surface area contributed by atoms with Gasteiger partial charge >= 0.3 is 0 Å². The fourth-order valence-corrected chi connectivity index (χ4v) is 2.18. The Morgan fingerprint density at radius 3 is 2.71 bits per heavy atom. The molecule has 0 spiro atoms. The molecule has 5 nitrogen and oxygen atoms in total. The summed E-state index contributed by atoms with van der Waals surface area (Å²) < 4.78 is 11.5. The normalized spacial score (nSPS) is 17.4. The van der Waals surface area contributed by atoms with Gasteiger partial charge in [0, 0.05) is 19.0 Å². The summed E-state index contributed by atoms with van der Waals surface area (Å²) in [5.41, 5.74) is 5.59. The second-order valence-corrected chi connectivity index (χ2v) is 6.26. The summed E-state index contributed by atoms with van der Waals surface area (Å²) in [5, 5.41) is 0. The van der Waals surface area contributed by atoms with Crippen molar-refractivity contribution in [2.45, 2.75) is 38.3 Å². The van der Waals surface area contributed by atoms with Gasteiger partial charge in [-0.3, -0.25) is 4.79 Å². The fourth-order valence-electron chi connectivity index (χ4n) is 2.18. The van der Waals surface area contributed by atoms with Crippen molar-refractivity contribution in [3.8, 4) is 11.5 Å². The van der Waals surface area contributed by atoms with Gasteiger partial charge in [0.1, 0.15) is 6.61 Å². The number of benzene rings is 1. The third kappa shape index (κ3) is 4.63. The summed E-state index contributed by atoms with van der Waals surface area (Å²) in [6.07, 6.45) is 0.977. The zero-order valence-corrected chi connectivity index (χ0v) is 13.0. The molecule has 0 bridgehead atoms. The highest BCUT2D eigenvalue weighted by Gasteiger charge is 2.24. The van der Waals surface area contributed by atoms with Gasteiger partial charge in [-0.05, 0) is 32.4 Å². The molecule has 5 heteroatoms. The van der Waals surface area contributed by atoms with Gasteiger partial charge in [-0.1, -0.05) is 12.1 Å². The molecule has 1 aromatic rings. The van der Waals surface area contributed by atoms with Crippen molar-refractivity contribution in [1.29, 1.82) is 0 Å². The lowest BCUT2D eigenvalue weighted by Crippen LogP contribution is -2.42. The number of ether oxygens (including phenoxy) is 2. The predicted octanol–water partition coefficient (Wildman–Crippen LogP) is 1.80. The van der Waals surface area contributed by atoms with Crippen LogP contribution in [0.1, 0.15) is 26.7 Å². The molecule has 1 aliphatic rings. The number of nitrogens with two attached hydrogens (primary N) is 1. The predicted molar refractivity (Wildman–Crippen MR) is 81.5 cm³/mol. The SMILES string of the molecule is CN(CC1COc2ccccc2O1)C(=O)CCC(C)(C)N. The van der Waals surface area contributed by atoms with Crippen LogP contribution in [0.2, 0.25) is 0 Å². The maximum Gasteiger partial charge on any atom is 0.222 e. The molecule has 0 radical (unpaired) electrons. The summed E-state index contributed by atoms with van der Waals surface area (Å²) in [6, 6.07) is 7.57. The number of carbonyl (C=O) groups is 1. The summed E-state index contributed by atoms with van der Waals surface area (Å²) >= 11 is 0. The lowest BCUT2D eigenvalue weighted by atomic mass is 10.00. The Labute approximate surface area is 126 Å². The minimum absolute atomic E-state index is 0.0796. The molecule has 1 amide bonds.